The number of para-hydroxylation sites is 1. The van der Waals surface area contributed by atoms with E-state index in [1.165, 1.54) is 53.2 Å². The van der Waals surface area contributed by atoms with Crippen LogP contribution in [0.2, 0.25) is 0 Å². The van der Waals surface area contributed by atoms with Crippen LogP contribution in [0.5, 0.6) is 0 Å². The fourth-order valence-corrected chi connectivity index (χ4v) is 9.35. The summed E-state index contributed by atoms with van der Waals surface area (Å²) in [7, 11) is 0. The zero-order chi connectivity index (χ0) is 36.3. The lowest BCUT2D eigenvalue weighted by molar-refractivity contribution is 0.669. The summed E-state index contributed by atoms with van der Waals surface area (Å²) in [5.74, 6) is 0. The van der Waals surface area contributed by atoms with Gasteiger partial charge in [-0.05, 0) is 111 Å². The number of benzene rings is 9. The van der Waals surface area contributed by atoms with Gasteiger partial charge in [0, 0.05) is 48.0 Å². The Morgan fingerprint density at radius 1 is 0.345 bits per heavy atom. The third-order valence-electron chi connectivity index (χ3n) is 10.9. The lowest BCUT2D eigenvalue weighted by Crippen LogP contribution is -2.10. The van der Waals surface area contributed by atoms with Gasteiger partial charge in [-0.3, -0.25) is 0 Å². The number of furan rings is 1. The predicted molar refractivity (Wildman–Crippen MR) is 235 cm³/mol. The van der Waals surface area contributed by atoms with E-state index in [-0.39, 0.29) is 0 Å². The predicted octanol–water partition coefficient (Wildman–Crippen LogP) is 15.6. The number of hydrogen-bond donors (Lipinski definition) is 0. The van der Waals surface area contributed by atoms with Crippen LogP contribution in [0.15, 0.2) is 205 Å². The minimum atomic E-state index is 0.903. The first kappa shape index (κ1) is 31.6. The Morgan fingerprint density at radius 2 is 0.964 bits per heavy atom. The second kappa shape index (κ2) is 12.9. The minimum Gasteiger partial charge on any atom is -0.456 e. The molecule has 55 heavy (non-hydrogen) atoms. The van der Waals surface area contributed by atoms with Crippen molar-refractivity contribution in [1.29, 1.82) is 0 Å². The smallest absolute Gasteiger partial charge is 0.135 e. The van der Waals surface area contributed by atoms with Crippen molar-refractivity contribution in [2.24, 2.45) is 0 Å². The zero-order valence-electron chi connectivity index (χ0n) is 29.8. The first-order chi connectivity index (χ1) is 27.2. The van der Waals surface area contributed by atoms with Gasteiger partial charge in [0.05, 0.1) is 0 Å². The molecule has 0 spiro atoms. The van der Waals surface area contributed by atoms with Crippen molar-refractivity contribution in [2.75, 3.05) is 4.90 Å². The van der Waals surface area contributed by atoms with Gasteiger partial charge in [-0.25, -0.2) is 0 Å². The normalized spacial score (nSPS) is 11.6. The molecule has 3 heteroatoms. The monoisotopic (exact) mass is 719 g/mol. The van der Waals surface area contributed by atoms with Gasteiger partial charge in [-0.1, -0.05) is 133 Å². The highest BCUT2D eigenvalue weighted by Crippen LogP contribution is 2.42. The van der Waals surface area contributed by atoms with E-state index in [0.29, 0.717) is 0 Å². The third-order valence-corrected chi connectivity index (χ3v) is 12.1. The van der Waals surface area contributed by atoms with E-state index < -0.39 is 0 Å². The zero-order valence-corrected chi connectivity index (χ0v) is 30.6. The third kappa shape index (κ3) is 5.48. The summed E-state index contributed by atoms with van der Waals surface area (Å²) in [6.45, 7) is 0. The lowest BCUT2D eigenvalue weighted by Gasteiger charge is -2.26. The van der Waals surface area contributed by atoms with Gasteiger partial charge in [0.2, 0.25) is 0 Å². The van der Waals surface area contributed by atoms with E-state index in [0.717, 1.165) is 50.1 Å². The Labute approximate surface area is 322 Å². The van der Waals surface area contributed by atoms with Gasteiger partial charge < -0.3 is 9.32 Å². The Kier molecular flexibility index (Phi) is 7.39. The summed E-state index contributed by atoms with van der Waals surface area (Å²) in [5, 5.41) is 7.39. The van der Waals surface area contributed by atoms with E-state index in [1.807, 2.05) is 23.5 Å². The van der Waals surface area contributed by atoms with Gasteiger partial charge in [0.1, 0.15) is 11.2 Å². The molecule has 2 heterocycles. The summed E-state index contributed by atoms with van der Waals surface area (Å²) >= 11 is 1.87. The summed E-state index contributed by atoms with van der Waals surface area (Å²) < 4.78 is 8.80. The second-order valence-corrected chi connectivity index (χ2v) is 15.2. The van der Waals surface area contributed by atoms with Gasteiger partial charge in [-0.15, -0.1) is 11.3 Å². The van der Waals surface area contributed by atoms with E-state index >= 15 is 0 Å². The molecule has 0 bridgehead atoms. The first-order valence-electron chi connectivity index (χ1n) is 18.7. The maximum Gasteiger partial charge on any atom is 0.135 e. The average Bonchev–Trinajstić information content (AvgIpc) is 3.83. The van der Waals surface area contributed by atoms with Crippen molar-refractivity contribution in [3.05, 3.63) is 200 Å². The molecule has 0 N–H and O–H groups in total. The SMILES string of the molecule is c1cc(-c2ccc3oc4ccccc4c3c2)cc(N(c2ccc(-c3ccc4ccccc4c3)cc2)c2ccc(-c3cccc4c3sc3ccccc34)cc2)c1. The van der Waals surface area contributed by atoms with Crippen molar-refractivity contribution in [2.45, 2.75) is 0 Å². The Morgan fingerprint density at radius 3 is 1.82 bits per heavy atom. The van der Waals surface area contributed by atoms with Crippen molar-refractivity contribution in [3.8, 4) is 33.4 Å². The molecule has 0 amide bonds. The molecule has 0 unspecified atom stereocenters. The molecular formula is C52H33NOS. The van der Waals surface area contributed by atoms with Crippen LogP contribution in [-0.4, -0.2) is 0 Å². The van der Waals surface area contributed by atoms with E-state index in [2.05, 4.69) is 193 Å². The molecule has 0 aliphatic carbocycles. The van der Waals surface area contributed by atoms with Crippen molar-refractivity contribution >= 4 is 81.3 Å². The lowest BCUT2D eigenvalue weighted by atomic mass is 10.00. The maximum absolute atomic E-state index is 6.16. The first-order valence-corrected chi connectivity index (χ1v) is 19.5. The molecule has 0 saturated carbocycles. The largest absolute Gasteiger partial charge is 0.456 e. The van der Waals surface area contributed by atoms with Crippen LogP contribution in [0.4, 0.5) is 17.1 Å². The van der Waals surface area contributed by atoms with Crippen LogP contribution in [0.1, 0.15) is 0 Å². The number of nitrogens with zero attached hydrogens (tertiary/aromatic N) is 1. The molecule has 11 rings (SSSR count). The molecule has 0 atom stereocenters. The summed E-state index contributed by atoms with van der Waals surface area (Å²) in [5.41, 5.74) is 12.3. The van der Waals surface area contributed by atoms with Crippen LogP contribution in [-0.2, 0) is 0 Å². The Hall–Kier alpha value is -6.94. The standard InChI is InChI=1S/C52H33NOS/c1-2-10-37-31-39(20-19-34(37)9-1)35-21-26-41(27-22-35)53(42-28-23-36(24-29-42)44-15-8-16-47-46-14-4-6-18-51(46)55-52(44)47)43-12-7-11-38(32-43)40-25-30-50-48(33-40)45-13-3-5-17-49(45)54-50/h1-33H. The van der Waals surface area contributed by atoms with Gasteiger partial charge in [0.25, 0.3) is 0 Å². The summed E-state index contributed by atoms with van der Waals surface area (Å²) in [4.78, 5) is 2.36. The minimum absolute atomic E-state index is 0.903. The summed E-state index contributed by atoms with van der Waals surface area (Å²) in [6.07, 6.45) is 0. The number of hydrogen-bond acceptors (Lipinski definition) is 3. The van der Waals surface area contributed by atoms with E-state index in [1.54, 1.807) is 0 Å². The van der Waals surface area contributed by atoms with Crippen LogP contribution in [0, 0.1) is 0 Å². The summed E-state index contributed by atoms with van der Waals surface area (Å²) in [6, 6.07) is 72.3. The van der Waals surface area contributed by atoms with Crippen molar-refractivity contribution in [3.63, 3.8) is 0 Å². The molecule has 9 aromatic carbocycles. The molecule has 0 radical (unpaired) electrons. The van der Waals surface area contributed by atoms with Crippen molar-refractivity contribution in [1.82, 2.24) is 0 Å². The Bertz CT molecular complexity index is 3210. The fourth-order valence-electron chi connectivity index (χ4n) is 8.11. The molecule has 11 aromatic rings. The maximum atomic E-state index is 6.16. The van der Waals surface area contributed by atoms with Gasteiger partial charge in [0.15, 0.2) is 0 Å². The number of fused-ring (bicyclic) bond motifs is 7. The molecular weight excluding hydrogens is 687 g/mol. The molecule has 0 saturated heterocycles. The van der Waals surface area contributed by atoms with Gasteiger partial charge in [-0.2, -0.15) is 0 Å². The highest BCUT2D eigenvalue weighted by atomic mass is 32.1. The average molecular weight is 720 g/mol. The second-order valence-electron chi connectivity index (χ2n) is 14.1. The number of anilines is 3. The quantitative estimate of drug-likeness (QED) is 0.170. The fraction of sp³-hybridized carbons (Fsp3) is 0. The van der Waals surface area contributed by atoms with Crippen LogP contribution >= 0.6 is 11.3 Å². The van der Waals surface area contributed by atoms with Crippen LogP contribution < -0.4 is 4.90 Å². The van der Waals surface area contributed by atoms with E-state index in [4.69, 9.17) is 4.42 Å². The topological polar surface area (TPSA) is 16.4 Å². The Balaban J connectivity index is 1.01. The number of rotatable bonds is 6. The highest BCUT2D eigenvalue weighted by Gasteiger charge is 2.17. The molecule has 2 aromatic heterocycles. The highest BCUT2D eigenvalue weighted by molar-refractivity contribution is 7.26. The molecule has 258 valence electrons. The molecule has 0 aliphatic heterocycles. The molecule has 2 nitrogen and oxygen atoms in total. The number of thiophene rings is 1. The van der Waals surface area contributed by atoms with E-state index in [9.17, 15) is 0 Å². The van der Waals surface area contributed by atoms with Gasteiger partial charge >= 0.3 is 0 Å². The molecule has 0 fully saturated rings. The molecule has 0 aliphatic rings. The van der Waals surface area contributed by atoms with Crippen LogP contribution in [0.3, 0.4) is 0 Å². The van der Waals surface area contributed by atoms with Crippen LogP contribution in [0.25, 0.3) is 86.3 Å². The van der Waals surface area contributed by atoms with Crippen molar-refractivity contribution < 1.29 is 4.42 Å².